The quantitative estimate of drug-likeness (QED) is 0.470. The highest BCUT2D eigenvalue weighted by molar-refractivity contribution is 8.03. The molecule has 4 nitrogen and oxygen atoms in total. The van der Waals surface area contributed by atoms with Gasteiger partial charge in [0.25, 0.3) is 0 Å². The summed E-state index contributed by atoms with van der Waals surface area (Å²) >= 11 is 1.79. The fourth-order valence-electron chi connectivity index (χ4n) is 3.62. The number of fused-ring (bicyclic) bond motifs is 2. The molecule has 0 aliphatic carbocycles. The van der Waals surface area contributed by atoms with Crippen LogP contribution in [-0.4, -0.2) is 19.6 Å². The van der Waals surface area contributed by atoms with Gasteiger partial charge in [-0.3, -0.25) is 0 Å². The predicted molar refractivity (Wildman–Crippen MR) is 114 cm³/mol. The molecule has 142 valence electrons. The van der Waals surface area contributed by atoms with Crippen LogP contribution >= 0.6 is 11.8 Å². The first kappa shape index (κ1) is 18.6. The Balaban J connectivity index is 1.87. The molecule has 3 aromatic rings. The molecule has 5 heteroatoms. The second kappa shape index (κ2) is 7.68. The average Bonchev–Trinajstić information content (AvgIpc) is 3.10. The van der Waals surface area contributed by atoms with Crippen molar-refractivity contribution in [1.29, 1.82) is 0 Å². The molecular formula is C23H23N2O2S+. The molecule has 1 aliphatic heterocycles. The van der Waals surface area contributed by atoms with E-state index in [-0.39, 0.29) is 5.97 Å². The number of carbonyl (C=O) groups is 1. The van der Waals surface area contributed by atoms with Gasteiger partial charge in [-0.2, -0.15) is 4.57 Å². The van der Waals surface area contributed by atoms with E-state index in [1.807, 2.05) is 18.2 Å². The second-order valence-corrected chi connectivity index (χ2v) is 7.64. The molecule has 0 radical (unpaired) electrons. The van der Waals surface area contributed by atoms with Crippen molar-refractivity contribution < 1.29 is 14.1 Å². The number of rotatable bonds is 4. The molecular weight excluding hydrogens is 368 g/mol. The van der Waals surface area contributed by atoms with E-state index < -0.39 is 0 Å². The molecule has 2 aromatic carbocycles. The summed E-state index contributed by atoms with van der Waals surface area (Å²) in [5.41, 5.74) is 4.02. The van der Waals surface area contributed by atoms with Gasteiger partial charge >= 0.3 is 5.97 Å². The zero-order valence-electron chi connectivity index (χ0n) is 16.3. The third kappa shape index (κ3) is 3.16. The van der Waals surface area contributed by atoms with E-state index in [2.05, 4.69) is 65.9 Å². The molecule has 1 aromatic heterocycles. The molecule has 0 saturated carbocycles. The molecule has 0 N–H and O–H groups in total. The van der Waals surface area contributed by atoms with Gasteiger partial charge in [-0.15, -0.1) is 0 Å². The fourth-order valence-corrected chi connectivity index (χ4v) is 4.80. The van der Waals surface area contributed by atoms with Crippen molar-refractivity contribution in [2.45, 2.75) is 25.3 Å². The summed E-state index contributed by atoms with van der Waals surface area (Å²) in [6.45, 7) is 6.06. The van der Waals surface area contributed by atoms with Gasteiger partial charge in [0.05, 0.1) is 28.8 Å². The first-order valence-corrected chi connectivity index (χ1v) is 10.3. The Bertz CT molecular complexity index is 1090. The van der Waals surface area contributed by atoms with Crippen molar-refractivity contribution in [2.75, 3.05) is 18.6 Å². The minimum atomic E-state index is -0.315. The van der Waals surface area contributed by atoms with Gasteiger partial charge in [0.1, 0.15) is 6.54 Å². The highest BCUT2D eigenvalue weighted by atomic mass is 32.2. The van der Waals surface area contributed by atoms with Crippen LogP contribution in [0.3, 0.4) is 0 Å². The second-order valence-electron chi connectivity index (χ2n) is 6.58. The monoisotopic (exact) mass is 391 g/mol. The summed E-state index contributed by atoms with van der Waals surface area (Å²) < 4.78 is 7.11. The van der Waals surface area contributed by atoms with Crippen molar-refractivity contribution in [3.8, 4) is 0 Å². The number of para-hydroxylation sites is 1. The average molecular weight is 392 g/mol. The van der Waals surface area contributed by atoms with Gasteiger partial charge in [0.2, 0.25) is 5.52 Å². The van der Waals surface area contributed by atoms with E-state index in [1.165, 1.54) is 22.7 Å². The summed E-state index contributed by atoms with van der Waals surface area (Å²) in [4.78, 5) is 15.7. The molecule has 0 fully saturated rings. The van der Waals surface area contributed by atoms with Crippen molar-refractivity contribution >= 4 is 40.4 Å². The number of benzene rings is 2. The number of esters is 1. The lowest BCUT2D eigenvalue weighted by atomic mass is 10.1. The highest BCUT2D eigenvalue weighted by Gasteiger charge is 2.24. The normalized spacial score (nSPS) is 14.5. The third-order valence-electron chi connectivity index (χ3n) is 5.04. The minimum absolute atomic E-state index is 0.315. The van der Waals surface area contributed by atoms with Crippen LogP contribution in [0.2, 0.25) is 0 Å². The Labute approximate surface area is 169 Å². The first-order chi connectivity index (χ1) is 13.7. The van der Waals surface area contributed by atoms with Gasteiger partial charge in [0, 0.05) is 23.6 Å². The SMILES string of the molecule is CCN1C(=Cc2cc[n+](CC)c3ccc(C(=O)OC)cc23)Sc2ccccc21. The highest BCUT2D eigenvalue weighted by Crippen LogP contribution is 2.46. The van der Waals surface area contributed by atoms with Crippen molar-refractivity contribution in [3.05, 3.63) is 70.9 Å². The van der Waals surface area contributed by atoms with Gasteiger partial charge in [0.15, 0.2) is 6.20 Å². The van der Waals surface area contributed by atoms with Gasteiger partial charge in [-0.1, -0.05) is 23.9 Å². The van der Waals surface area contributed by atoms with Crippen molar-refractivity contribution in [1.82, 2.24) is 0 Å². The van der Waals surface area contributed by atoms with E-state index in [9.17, 15) is 4.79 Å². The maximum atomic E-state index is 12.1. The molecule has 28 heavy (non-hydrogen) atoms. The first-order valence-electron chi connectivity index (χ1n) is 9.47. The molecule has 0 saturated heterocycles. The summed E-state index contributed by atoms with van der Waals surface area (Å²) in [5, 5.41) is 2.25. The summed E-state index contributed by atoms with van der Waals surface area (Å²) in [6.07, 6.45) is 4.33. The minimum Gasteiger partial charge on any atom is -0.465 e. The number of aryl methyl sites for hydroxylation is 1. The largest absolute Gasteiger partial charge is 0.465 e. The molecule has 0 unspecified atom stereocenters. The zero-order valence-corrected chi connectivity index (χ0v) is 17.1. The number of hydrogen-bond acceptors (Lipinski definition) is 4. The van der Waals surface area contributed by atoms with Crippen LogP contribution in [0, 0.1) is 0 Å². The third-order valence-corrected chi connectivity index (χ3v) is 6.16. The number of aromatic nitrogens is 1. The lowest BCUT2D eigenvalue weighted by Gasteiger charge is -2.18. The number of methoxy groups -OCH3 is 1. The van der Waals surface area contributed by atoms with E-state index in [0.717, 1.165) is 29.6 Å². The van der Waals surface area contributed by atoms with Crippen molar-refractivity contribution in [2.24, 2.45) is 0 Å². The standard InChI is InChI=1S/C23H23N2O2S/c1-4-24-13-12-16(18-14-17(23(26)27-3)10-11-19(18)24)15-22-25(5-2)20-8-6-7-9-21(20)28-22/h6-15H,4-5H2,1-3H3/q+1. The smallest absolute Gasteiger partial charge is 0.337 e. The number of anilines is 1. The zero-order chi connectivity index (χ0) is 19.7. The van der Waals surface area contributed by atoms with Gasteiger partial charge in [-0.05, 0) is 49.8 Å². The number of nitrogens with zero attached hydrogens (tertiary/aromatic N) is 2. The van der Waals surface area contributed by atoms with Crippen LogP contribution in [0.4, 0.5) is 5.69 Å². The number of hydrogen-bond donors (Lipinski definition) is 0. The van der Waals surface area contributed by atoms with Crippen LogP contribution in [-0.2, 0) is 11.3 Å². The number of ether oxygens (including phenoxy) is 1. The predicted octanol–water partition coefficient (Wildman–Crippen LogP) is 4.86. The fraction of sp³-hybridized carbons (Fsp3) is 0.217. The van der Waals surface area contributed by atoms with Crippen LogP contribution in [0.25, 0.3) is 17.0 Å². The summed E-state index contributed by atoms with van der Waals surface area (Å²) in [5.74, 6) is -0.315. The van der Waals surface area contributed by atoms with Crippen LogP contribution in [0.1, 0.15) is 29.8 Å². The van der Waals surface area contributed by atoms with Gasteiger partial charge < -0.3 is 9.64 Å². The topological polar surface area (TPSA) is 33.4 Å². The Kier molecular flexibility index (Phi) is 5.09. The van der Waals surface area contributed by atoms with Crippen LogP contribution in [0.15, 0.2) is 64.7 Å². The number of thioether (sulfide) groups is 1. The molecule has 0 bridgehead atoms. The van der Waals surface area contributed by atoms with Crippen LogP contribution in [0.5, 0.6) is 0 Å². The van der Waals surface area contributed by atoms with Crippen LogP contribution < -0.4 is 9.47 Å². The molecule has 2 heterocycles. The van der Waals surface area contributed by atoms with E-state index in [0.29, 0.717) is 5.56 Å². The molecule has 4 rings (SSSR count). The number of carbonyl (C=O) groups excluding carboxylic acids is 1. The van der Waals surface area contributed by atoms with E-state index >= 15 is 0 Å². The molecule has 1 aliphatic rings. The Morgan fingerprint density at radius 3 is 2.75 bits per heavy atom. The Hall–Kier alpha value is -2.79. The lowest BCUT2D eigenvalue weighted by Crippen LogP contribution is -2.32. The maximum absolute atomic E-state index is 12.1. The maximum Gasteiger partial charge on any atom is 0.337 e. The van der Waals surface area contributed by atoms with Gasteiger partial charge in [-0.25, -0.2) is 4.79 Å². The molecule has 0 spiro atoms. The summed E-state index contributed by atoms with van der Waals surface area (Å²) in [6, 6.07) is 16.4. The summed E-state index contributed by atoms with van der Waals surface area (Å²) in [7, 11) is 1.41. The Morgan fingerprint density at radius 1 is 1.18 bits per heavy atom. The Morgan fingerprint density at radius 2 is 2.00 bits per heavy atom. The number of pyridine rings is 1. The van der Waals surface area contributed by atoms with Crippen molar-refractivity contribution in [3.63, 3.8) is 0 Å². The van der Waals surface area contributed by atoms with E-state index in [1.54, 1.807) is 11.8 Å². The molecule has 0 atom stereocenters. The lowest BCUT2D eigenvalue weighted by molar-refractivity contribution is -0.667. The van der Waals surface area contributed by atoms with E-state index in [4.69, 9.17) is 4.74 Å². The molecule has 0 amide bonds.